The smallest absolute Gasteiger partial charge is 0.265 e. The number of nitrogens with two attached hydrogens (primary N) is 1. The van der Waals surface area contributed by atoms with Crippen LogP contribution in [0.5, 0.6) is 0 Å². The van der Waals surface area contributed by atoms with Gasteiger partial charge in [0.2, 0.25) is 0 Å². The third-order valence-electron chi connectivity index (χ3n) is 2.68. The zero-order chi connectivity index (χ0) is 14.7. The van der Waals surface area contributed by atoms with Crippen LogP contribution in [-0.4, -0.2) is 33.4 Å². The molecule has 0 atom stereocenters. The highest BCUT2D eigenvalue weighted by molar-refractivity contribution is 7.80. The van der Waals surface area contributed by atoms with Gasteiger partial charge >= 0.3 is 0 Å². The van der Waals surface area contributed by atoms with E-state index in [1.54, 1.807) is 6.07 Å². The van der Waals surface area contributed by atoms with Gasteiger partial charge in [-0.05, 0) is 24.4 Å². The van der Waals surface area contributed by atoms with Crippen LogP contribution in [0.25, 0.3) is 6.08 Å². The van der Waals surface area contributed by atoms with Crippen LogP contribution < -0.4 is 11.1 Å². The summed E-state index contributed by atoms with van der Waals surface area (Å²) < 4.78 is 0. The first-order valence-corrected chi connectivity index (χ1v) is 6.14. The molecule has 0 aliphatic carbocycles. The van der Waals surface area contributed by atoms with E-state index in [9.17, 15) is 9.59 Å². The van der Waals surface area contributed by atoms with Crippen molar-refractivity contribution in [2.45, 2.75) is 0 Å². The van der Waals surface area contributed by atoms with Gasteiger partial charge < -0.3 is 5.73 Å². The van der Waals surface area contributed by atoms with Gasteiger partial charge in [0.05, 0.1) is 0 Å². The molecule has 7 heteroatoms. The lowest BCUT2D eigenvalue weighted by Gasteiger charge is -2.27. The third-order valence-corrected chi connectivity index (χ3v) is 3.01. The van der Waals surface area contributed by atoms with E-state index in [-0.39, 0.29) is 17.2 Å². The molecule has 6 nitrogen and oxygen atoms in total. The van der Waals surface area contributed by atoms with Gasteiger partial charge in [0.15, 0.2) is 5.11 Å². The van der Waals surface area contributed by atoms with Crippen molar-refractivity contribution >= 4 is 40.9 Å². The van der Waals surface area contributed by atoms with E-state index in [2.05, 4.69) is 16.9 Å². The lowest BCUT2D eigenvalue weighted by Crippen LogP contribution is -2.53. The van der Waals surface area contributed by atoms with E-state index in [4.69, 9.17) is 18.0 Å². The second kappa shape index (κ2) is 5.62. The Kier molecular flexibility index (Phi) is 3.90. The van der Waals surface area contributed by atoms with E-state index in [0.717, 1.165) is 0 Å². The summed E-state index contributed by atoms with van der Waals surface area (Å²) in [6.07, 6.45) is 5.93. The first-order valence-electron chi connectivity index (χ1n) is 5.74. The standard InChI is InChI=1S/C13H12N4O2S/c1-2-5-17-12(19)9(11(18)16-13(17)20)6-8-7-15-4-3-10(8)14/h2-4,6-7H,1,5H2,(H2,14,15)(H,16,18,20). The highest BCUT2D eigenvalue weighted by Crippen LogP contribution is 2.17. The quantitative estimate of drug-likeness (QED) is 0.365. The van der Waals surface area contributed by atoms with Crippen molar-refractivity contribution in [1.29, 1.82) is 0 Å². The summed E-state index contributed by atoms with van der Waals surface area (Å²) >= 11 is 4.95. The molecule has 2 heterocycles. The molecule has 1 fully saturated rings. The molecular formula is C13H12N4O2S. The Morgan fingerprint density at radius 1 is 1.50 bits per heavy atom. The summed E-state index contributed by atoms with van der Waals surface area (Å²) in [6.45, 7) is 3.77. The van der Waals surface area contributed by atoms with Crippen molar-refractivity contribution in [2.75, 3.05) is 12.3 Å². The molecule has 0 spiro atoms. The number of carbonyl (C=O) groups excluding carboxylic acids is 2. The number of anilines is 1. The van der Waals surface area contributed by atoms with Gasteiger partial charge in [-0.3, -0.25) is 24.8 Å². The summed E-state index contributed by atoms with van der Waals surface area (Å²) in [7, 11) is 0. The minimum atomic E-state index is -0.552. The lowest BCUT2D eigenvalue weighted by atomic mass is 10.1. The SMILES string of the molecule is C=CCN1C(=O)C(=Cc2cnccc2N)C(=O)NC1=S. The van der Waals surface area contributed by atoms with Crippen LogP contribution in [-0.2, 0) is 9.59 Å². The second-order valence-corrected chi connectivity index (χ2v) is 4.41. The molecule has 0 radical (unpaired) electrons. The van der Waals surface area contributed by atoms with E-state index in [1.165, 1.54) is 29.4 Å². The number of carbonyl (C=O) groups is 2. The Labute approximate surface area is 121 Å². The predicted molar refractivity (Wildman–Crippen MR) is 79.3 cm³/mol. The van der Waals surface area contributed by atoms with Crippen LogP contribution >= 0.6 is 12.2 Å². The Balaban J connectivity index is 2.42. The number of hydrogen-bond donors (Lipinski definition) is 2. The van der Waals surface area contributed by atoms with Gasteiger partial charge in [-0.2, -0.15) is 0 Å². The van der Waals surface area contributed by atoms with Crippen molar-refractivity contribution in [2.24, 2.45) is 0 Å². The van der Waals surface area contributed by atoms with Gasteiger partial charge in [-0.25, -0.2) is 0 Å². The van der Waals surface area contributed by atoms with E-state index in [1.807, 2.05) is 0 Å². The molecule has 102 valence electrons. The fourth-order valence-corrected chi connectivity index (χ4v) is 1.93. The summed E-state index contributed by atoms with van der Waals surface area (Å²) in [5.74, 6) is -1.04. The molecule has 1 aliphatic heterocycles. The zero-order valence-electron chi connectivity index (χ0n) is 10.5. The molecule has 0 bridgehead atoms. The Morgan fingerprint density at radius 3 is 2.90 bits per heavy atom. The zero-order valence-corrected chi connectivity index (χ0v) is 11.3. The number of hydrogen-bond acceptors (Lipinski definition) is 5. The van der Waals surface area contributed by atoms with Gasteiger partial charge in [-0.15, -0.1) is 6.58 Å². The number of nitrogens with one attached hydrogen (secondary N) is 1. The van der Waals surface area contributed by atoms with Crippen molar-refractivity contribution in [3.8, 4) is 0 Å². The first-order chi connectivity index (χ1) is 9.54. The normalized spacial score (nSPS) is 17.3. The van der Waals surface area contributed by atoms with Crippen LogP contribution in [0.4, 0.5) is 5.69 Å². The maximum absolute atomic E-state index is 12.3. The molecule has 1 aromatic heterocycles. The highest BCUT2D eigenvalue weighted by Gasteiger charge is 2.32. The number of thiocarbonyl (C=S) groups is 1. The van der Waals surface area contributed by atoms with E-state index >= 15 is 0 Å². The lowest BCUT2D eigenvalue weighted by molar-refractivity contribution is -0.128. The van der Waals surface area contributed by atoms with Crippen LogP contribution in [0.1, 0.15) is 5.56 Å². The largest absolute Gasteiger partial charge is 0.398 e. The Bertz CT molecular complexity index is 639. The van der Waals surface area contributed by atoms with E-state index in [0.29, 0.717) is 11.3 Å². The minimum Gasteiger partial charge on any atom is -0.398 e. The molecule has 1 aromatic rings. The number of nitrogens with zero attached hydrogens (tertiary/aromatic N) is 2. The number of aromatic nitrogens is 1. The average Bonchev–Trinajstić information content (AvgIpc) is 2.41. The summed E-state index contributed by atoms with van der Waals surface area (Å²) in [4.78, 5) is 29.3. The molecule has 20 heavy (non-hydrogen) atoms. The summed E-state index contributed by atoms with van der Waals surface area (Å²) in [5.41, 5.74) is 6.65. The summed E-state index contributed by atoms with van der Waals surface area (Å²) in [6, 6.07) is 1.59. The van der Waals surface area contributed by atoms with Crippen molar-refractivity contribution in [1.82, 2.24) is 15.2 Å². The first kappa shape index (κ1) is 13.9. The van der Waals surface area contributed by atoms with E-state index < -0.39 is 11.8 Å². The summed E-state index contributed by atoms with van der Waals surface area (Å²) in [5, 5.41) is 2.52. The second-order valence-electron chi connectivity index (χ2n) is 4.03. The van der Waals surface area contributed by atoms with Crippen LogP contribution in [0, 0.1) is 0 Å². The van der Waals surface area contributed by atoms with Crippen molar-refractivity contribution in [3.63, 3.8) is 0 Å². The van der Waals surface area contributed by atoms with Crippen LogP contribution in [0.15, 0.2) is 36.7 Å². The fraction of sp³-hybridized carbons (Fsp3) is 0.0769. The van der Waals surface area contributed by atoms with Crippen molar-refractivity contribution in [3.05, 3.63) is 42.3 Å². The molecule has 2 rings (SSSR count). The van der Waals surface area contributed by atoms with Gasteiger partial charge in [-0.1, -0.05) is 6.08 Å². The van der Waals surface area contributed by atoms with Crippen LogP contribution in [0.3, 0.4) is 0 Å². The van der Waals surface area contributed by atoms with Gasteiger partial charge in [0.25, 0.3) is 11.8 Å². The Morgan fingerprint density at radius 2 is 2.25 bits per heavy atom. The molecule has 1 aliphatic rings. The highest BCUT2D eigenvalue weighted by atomic mass is 32.1. The number of pyridine rings is 1. The Hall–Kier alpha value is -2.54. The average molecular weight is 288 g/mol. The molecule has 0 aromatic carbocycles. The molecular weight excluding hydrogens is 276 g/mol. The number of amides is 2. The minimum absolute atomic E-state index is 0.0415. The number of nitrogen functional groups attached to an aromatic ring is 1. The monoisotopic (exact) mass is 288 g/mol. The fourth-order valence-electron chi connectivity index (χ4n) is 1.68. The molecule has 2 amide bonds. The molecule has 0 unspecified atom stereocenters. The van der Waals surface area contributed by atoms with Crippen LogP contribution in [0.2, 0.25) is 0 Å². The van der Waals surface area contributed by atoms with Crippen molar-refractivity contribution < 1.29 is 9.59 Å². The molecule has 0 saturated carbocycles. The molecule has 1 saturated heterocycles. The number of rotatable bonds is 3. The predicted octanol–water partition coefficient (Wildman–Crippen LogP) is 0.477. The topological polar surface area (TPSA) is 88.3 Å². The molecule has 3 N–H and O–H groups in total. The maximum atomic E-state index is 12.3. The van der Waals surface area contributed by atoms with Gasteiger partial charge in [0.1, 0.15) is 5.57 Å². The third kappa shape index (κ3) is 2.57. The maximum Gasteiger partial charge on any atom is 0.265 e. The van der Waals surface area contributed by atoms with Gasteiger partial charge in [0, 0.05) is 30.2 Å².